The summed E-state index contributed by atoms with van der Waals surface area (Å²) in [6, 6.07) is 8.15. The lowest BCUT2D eigenvalue weighted by atomic mass is 10.0. The molecule has 2 N–H and O–H groups in total. The standard InChI is InChI=1S/C14H24N2O/c1-4-12(11-15)8-9-16(2)13-6-5-7-14(10-13)17-3/h5-7,10,12H,4,8-9,11,15H2,1-3H3. The van der Waals surface area contributed by atoms with Crippen LogP contribution in [0.4, 0.5) is 5.69 Å². The Kier molecular flexibility index (Phi) is 5.84. The minimum absolute atomic E-state index is 0.628. The highest BCUT2D eigenvalue weighted by atomic mass is 16.5. The lowest BCUT2D eigenvalue weighted by Gasteiger charge is -2.22. The molecule has 0 saturated carbocycles. The summed E-state index contributed by atoms with van der Waals surface area (Å²) in [4.78, 5) is 2.25. The molecule has 3 nitrogen and oxygen atoms in total. The SMILES string of the molecule is CCC(CN)CCN(C)c1cccc(OC)c1. The number of nitrogens with zero attached hydrogens (tertiary/aromatic N) is 1. The van der Waals surface area contributed by atoms with Gasteiger partial charge < -0.3 is 15.4 Å². The van der Waals surface area contributed by atoms with Crippen LogP contribution < -0.4 is 15.4 Å². The maximum absolute atomic E-state index is 5.72. The Hall–Kier alpha value is -1.22. The van der Waals surface area contributed by atoms with Gasteiger partial charge in [-0.3, -0.25) is 0 Å². The van der Waals surface area contributed by atoms with E-state index in [-0.39, 0.29) is 0 Å². The van der Waals surface area contributed by atoms with Gasteiger partial charge in [-0.2, -0.15) is 0 Å². The van der Waals surface area contributed by atoms with Gasteiger partial charge in [0.2, 0.25) is 0 Å². The third-order valence-corrected chi connectivity index (χ3v) is 3.28. The minimum atomic E-state index is 0.628. The number of hydrogen-bond acceptors (Lipinski definition) is 3. The molecule has 0 fully saturated rings. The molecule has 0 aliphatic carbocycles. The first-order valence-corrected chi connectivity index (χ1v) is 6.26. The van der Waals surface area contributed by atoms with Gasteiger partial charge in [-0.15, -0.1) is 0 Å². The van der Waals surface area contributed by atoms with Crippen LogP contribution in [0, 0.1) is 5.92 Å². The normalized spacial score (nSPS) is 12.2. The molecule has 0 heterocycles. The van der Waals surface area contributed by atoms with Crippen molar-refractivity contribution < 1.29 is 4.74 Å². The van der Waals surface area contributed by atoms with E-state index in [1.165, 1.54) is 5.69 Å². The van der Waals surface area contributed by atoms with Gasteiger partial charge in [0.25, 0.3) is 0 Å². The number of anilines is 1. The maximum Gasteiger partial charge on any atom is 0.120 e. The average molecular weight is 236 g/mol. The Bertz CT molecular complexity index is 324. The smallest absolute Gasteiger partial charge is 0.120 e. The second kappa shape index (κ2) is 7.17. The van der Waals surface area contributed by atoms with Crippen LogP contribution in [0.1, 0.15) is 19.8 Å². The molecule has 1 aromatic carbocycles. The molecule has 17 heavy (non-hydrogen) atoms. The van der Waals surface area contributed by atoms with Crippen molar-refractivity contribution in [1.29, 1.82) is 0 Å². The van der Waals surface area contributed by atoms with Crippen molar-refractivity contribution in [2.75, 3.05) is 32.1 Å². The second-order valence-corrected chi connectivity index (χ2v) is 4.42. The Balaban J connectivity index is 2.53. The zero-order valence-corrected chi connectivity index (χ0v) is 11.1. The van der Waals surface area contributed by atoms with Gasteiger partial charge in [-0.25, -0.2) is 0 Å². The average Bonchev–Trinajstić information content (AvgIpc) is 2.39. The molecule has 1 unspecified atom stereocenters. The fourth-order valence-electron chi connectivity index (χ4n) is 1.84. The fraction of sp³-hybridized carbons (Fsp3) is 0.571. The van der Waals surface area contributed by atoms with Crippen LogP contribution in [0.3, 0.4) is 0 Å². The van der Waals surface area contributed by atoms with E-state index in [4.69, 9.17) is 10.5 Å². The van der Waals surface area contributed by atoms with Crippen molar-refractivity contribution in [2.24, 2.45) is 11.7 Å². The van der Waals surface area contributed by atoms with Crippen LogP contribution in [0.2, 0.25) is 0 Å². The number of methoxy groups -OCH3 is 1. The third-order valence-electron chi connectivity index (χ3n) is 3.28. The largest absolute Gasteiger partial charge is 0.497 e. The molecule has 0 bridgehead atoms. The van der Waals surface area contributed by atoms with Crippen LogP contribution >= 0.6 is 0 Å². The molecular formula is C14H24N2O. The van der Waals surface area contributed by atoms with E-state index in [0.29, 0.717) is 5.92 Å². The zero-order valence-electron chi connectivity index (χ0n) is 11.1. The molecule has 0 amide bonds. The second-order valence-electron chi connectivity index (χ2n) is 4.42. The van der Waals surface area contributed by atoms with Crippen LogP contribution in [-0.2, 0) is 0 Å². The van der Waals surface area contributed by atoms with Crippen LogP contribution in [0.15, 0.2) is 24.3 Å². The molecule has 0 saturated heterocycles. The molecule has 1 rings (SSSR count). The number of hydrogen-bond donors (Lipinski definition) is 1. The summed E-state index contributed by atoms with van der Waals surface area (Å²) in [6.45, 7) is 4.01. The highest BCUT2D eigenvalue weighted by Gasteiger charge is 2.07. The molecule has 0 aliphatic heterocycles. The monoisotopic (exact) mass is 236 g/mol. The van der Waals surface area contributed by atoms with Crippen molar-refractivity contribution in [3.8, 4) is 5.75 Å². The summed E-state index contributed by atoms with van der Waals surface area (Å²) >= 11 is 0. The predicted octanol–water partition coefficient (Wildman–Crippen LogP) is 2.51. The van der Waals surface area contributed by atoms with E-state index in [9.17, 15) is 0 Å². The number of nitrogens with two attached hydrogens (primary N) is 1. The van der Waals surface area contributed by atoms with Crippen LogP contribution in [0.25, 0.3) is 0 Å². The highest BCUT2D eigenvalue weighted by molar-refractivity contribution is 5.49. The van der Waals surface area contributed by atoms with Gasteiger partial charge in [-0.05, 0) is 31.0 Å². The van der Waals surface area contributed by atoms with Crippen molar-refractivity contribution in [1.82, 2.24) is 0 Å². The number of rotatable bonds is 7. The van der Waals surface area contributed by atoms with E-state index in [0.717, 1.165) is 31.7 Å². The van der Waals surface area contributed by atoms with Crippen molar-refractivity contribution in [3.05, 3.63) is 24.3 Å². The van der Waals surface area contributed by atoms with Gasteiger partial charge >= 0.3 is 0 Å². The van der Waals surface area contributed by atoms with Crippen molar-refractivity contribution >= 4 is 5.69 Å². The molecule has 0 aliphatic rings. The molecular weight excluding hydrogens is 212 g/mol. The number of ether oxygens (including phenoxy) is 1. The van der Waals surface area contributed by atoms with Crippen molar-refractivity contribution in [2.45, 2.75) is 19.8 Å². The molecule has 0 radical (unpaired) electrons. The van der Waals surface area contributed by atoms with E-state index in [1.54, 1.807) is 7.11 Å². The summed E-state index contributed by atoms with van der Waals surface area (Å²) in [5.74, 6) is 1.53. The molecule has 0 spiro atoms. The zero-order chi connectivity index (χ0) is 12.7. The Morgan fingerprint density at radius 3 is 2.76 bits per heavy atom. The van der Waals surface area contributed by atoms with Gasteiger partial charge in [0, 0.05) is 25.3 Å². The van der Waals surface area contributed by atoms with E-state index in [2.05, 4.69) is 31.0 Å². The Morgan fingerprint density at radius 1 is 1.41 bits per heavy atom. The summed E-state index contributed by atoms with van der Waals surface area (Å²) in [5, 5.41) is 0. The number of benzene rings is 1. The van der Waals surface area contributed by atoms with Crippen molar-refractivity contribution in [3.63, 3.8) is 0 Å². The minimum Gasteiger partial charge on any atom is -0.497 e. The Morgan fingerprint density at radius 2 is 2.18 bits per heavy atom. The highest BCUT2D eigenvalue weighted by Crippen LogP contribution is 2.20. The summed E-state index contributed by atoms with van der Waals surface area (Å²) < 4.78 is 5.23. The van der Waals surface area contributed by atoms with Crippen LogP contribution in [0.5, 0.6) is 5.75 Å². The summed E-state index contributed by atoms with van der Waals surface area (Å²) in [5.41, 5.74) is 6.91. The molecule has 1 aromatic rings. The first-order valence-electron chi connectivity index (χ1n) is 6.26. The van der Waals surface area contributed by atoms with E-state index >= 15 is 0 Å². The lowest BCUT2D eigenvalue weighted by Crippen LogP contribution is -2.23. The van der Waals surface area contributed by atoms with Crippen LogP contribution in [-0.4, -0.2) is 27.2 Å². The third kappa shape index (κ3) is 4.27. The van der Waals surface area contributed by atoms with Gasteiger partial charge in [0.1, 0.15) is 5.75 Å². The molecule has 3 heteroatoms. The quantitative estimate of drug-likeness (QED) is 0.790. The molecule has 96 valence electrons. The molecule has 1 atom stereocenters. The first-order chi connectivity index (χ1) is 8.21. The van der Waals surface area contributed by atoms with Gasteiger partial charge in [-0.1, -0.05) is 19.4 Å². The lowest BCUT2D eigenvalue weighted by molar-refractivity contribution is 0.414. The molecule has 0 aromatic heterocycles. The topological polar surface area (TPSA) is 38.5 Å². The van der Waals surface area contributed by atoms with E-state index in [1.807, 2.05) is 12.1 Å². The fourth-order valence-corrected chi connectivity index (χ4v) is 1.84. The maximum atomic E-state index is 5.72. The van der Waals surface area contributed by atoms with E-state index < -0.39 is 0 Å². The Labute approximate surface area is 105 Å². The van der Waals surface area contributed by atoms with Gasteiger partial charge in [0.05, 0.1) is 7.11 Å². The summed E-state index contributed by atoms with van der Waals surface area (Å²) in [6.07, 6.45) is 2.29. The first kappa shape index (κ1) is 13.8. The predicted molar refractivity (Wildman–Crippen MR) is 73.7 cm³/mol. The summed E-state index contributed by atoms with van der Waals surface area (Å²) in [7, 11) is 3.80. The van der Waals surface area contributed by atoms with Gasteiger partial charge in [0.15, 0.2) is 0 Å².